The smallest absolute Gasteiger partial charge is 0.228 e. The van der Waals surface area contributed by atoms with E-state index in [1.165, 1.54) is 6.33 Å². The van der Waals surface area contributed by atoms with Crippen LogP contribution in [0.15, 0.2) is 18.7 Å². The van der Waals surface area contributed by atoms with E-state index in [-0.39, 0.29) is 5.92 Å². The summed E-state index contributed by atoms with van der Waals surface area (Å²) in [6.45, 7) is 6.86. The van der Waals surface area contributed by atoms with Gasteiger partial charge in [0.1, 0.15) is 6.33 Å². The normalized spacial score (nSPS) is 10.8. The standard InChI is InChI=1S/C12H18N6O/c1-4-18-6-9(5-16-18)19-12-10(8(2)3)11(17-13)14-7-15-12/h5-8H,4,13H2,1-3H3,(H,14,15,17). The van der Waals surface area contributed by atoms with Crippen LogP contribution in [0.25, 0.3) is 0 Å². The van der Waals surface area contributed by atoms with Crippen molar-refractivity contribution >= 4 is 5.82 Å². The molecule has 0 saturated carbocycles. The summed E-state index contributed by atoms with van der Waals surface area (Å²) in [5, 5.41) is 4.16. The Bertz CT molecular complexity index is 551. The number of ether oxygens (including phenoxy) is 1. The zero-order chi connectivity index (χ0) is 13.8. The molecule has 0 radical (unpaired) electrons. The third-order valence-electron chi connectivity index (χ3n) is 2.71. The molecule has 2 heterocycles. The maximum atomic E-state index is 5.77. The third-order valence-corrected chi connectivity index (χ3v) is 2.71. The van der Waals surface area contributed by atoms with E-state index >= 15 is 0 Å². The number of hydrogen-bond donors (Lipinski definition) is 2. The summed E-state index contributed by atoms with van der Waals surface area (Å²) in [5.74, 6) is 7.36. The van der Waals surface area contributed by atoms with Crippen LogP contribution >= 0.6 is 0 Å². The predicted octanol–water partition coefficient (Wildman–Crippen LogP) is 1.89. The van der Waals surface area contributed by atoms with Gasteiger partial charge >= 0.3 is 0 Å². The fourth-order valence-electron chi connectivity index (χ4n) is 1.78. The summed E-state index contributed by atoms with van der Waals surface area (Å²) in [5.41, 5.74) is 3.41. The molecule has 19 heavy (non-hydrogen) atoms. The number of hydrogen-bond acceptors (Lipinski definition) is 6. The predicted molar refractivity (Wildman–Crippen MR) is 71.9 cm³/mol. The Morgan fingerprint density at radius 2 is 2.21 bits per heavy atom. The second kappa shape index (κ2) is 5.66. The summed E-state index contributed by atoms with van der Waals surface area (Å²) < 4.78 is 7.55. The maximum absolute atomic E-state index is 5.77. The summed E-state index contributed by atoms with van der Waals surface area (Å²) >= 11 is 0. The van der Waals surface area contributed by atoms with E-state index in [4.69, 9.17) is 10.6 Å². The van der Waals surface area contributed by atoms with Gasteiger partial charge in [-0.05, 0) is 12.8 Å². The Balaban J connectivity index is 2.33. The highest BCUT2D eigenvalue weighted by atomic mass is 16.5. The molecule has 0 aliphatic rings. The lowest BCUT2D eigenvalue weighted by Gasteiger charge is -2.14. The molecular formula is C12H18N6O. The molecule has 0 atom stereocenters. The highest BCUT2D eigenvalue weighted by Gasteiger charge is 2.16. The van der Waals surface area contributed by atoms with Crippen molar-refractivity contribution in [2.75, 3.05) is 5.43 Å². The Morgan fingerprint density at radius 3 is 2.79 bits per heavy atom. The molecule has 0 spiro atoms. The molecule has 0 amide bonds. The van der Waals surface area contributed by atoms with Crippen molar-refractivity contribution in [2.24, 2.45) is 5.84 Å². The van der Waals surface area contributed by atoms with Crippen LogP contribution in [0.1, 0.15) is 32.3 Å². The van der Waals surface area contributed by atoms with Crippen LogP contribution in [-0.4, -0.2) is 19.7 Å². The monoisotopic (exact) mass is 262 g/mol. The van der Waals surface area contributed by atoms with Crippen LogP contribution in [0.5, 0.6) is 11.6 Å². The Hall–Kier alpha value is -2.15. The molecule has 2 aromatic heterocycles. The van der Waals surface area contributed by atoms with Gasteiger partial charge in [0.25, 0.3) is 0 Å². The lowest BCUT2D eigenvalue weighted by atomic mass is 10.1. The molecular weight excluding hydrogens is 244 g/mol. The number of nitrogen functional groups attached to an aromatic ring is 1. The number of anilines is 1. The van der Waals surface area contributed by atoms with Crippen LogP contribution < -0.4 is 16.0 Å². The van der Waals surface area contributed by atoms with Crippen LogP contribution in [0.2, 0.25) is 0 Å². The molecule has 0 fully saturated rings. The van der Waals surface area contributed by atoms with E-state index in [1.54, 1.807) is 10.9 Å². The van der Waals surface area contributed by atoms with E-state index < -0.39 is 0 Å². The van der Waals surface area contributed by atoms with E-state index in [2.05, 4.69) is 20.5 Å². The van der Waals surface area contributed by atoms with Crippen molar-refractivity contribution in [1.29, 1.82) is 0 Å². The Kier molecular flexibility index (Phi) is 3.96. The zero-order valence-electron chi connectivity index (χ0n) is 11.3. The molecule has 0 saturated heterocycles. The van der Waals surface area contributed by atoms with Crippen molar-refractivity contribution < 1.29 is 4.74 Å². The van der Waals surface area contributed by atoms with Crippen LogP contribution in [0, 0.1) is 0 Å². The maximum Gasteiger partial charge on any atom is 0.228 e. The lowest BCUT2D eigenvalue weighted by Crippen LogP contribution is -2.13. The third kappa shape index (κ3) is 2.82. The molecule has 2 aromatic rings. The second-order valence-corrected chi connectivity index (χ2v) is 4.37. The van der Waals surface area contributed by atoms with Crippen LogP contribution in [-0.2, 0) is 6.54 Å². The molecule has 0 bridgehead atoms. The number of aryl methyl sites for hydroxylation is 1. The highest BCUT2D eigenvalue weighted by Crippen LogP contribution is 2.32. The fourth-order valence-corrected chi connectivity index (χ4v) is 1.78. The van der Waals surface area contributed by atoms with Gasteiger partial charge in [0.2, 0.25) is 5.88 Å². The molecule has 0 aliphatic heterocycles. The summed E-state index contributed by atoms with van der Waals surface area (Å²) in [7, 11) is 0. The van der Waals surface area contributed by atoms with E-state index in [9.17, 15) is 0 Å². The summed E-state index contributed by atoms with van der Waals surface area (Å²) in [6.07, 6.45) is 4.90. The molecule has 0 aliphatic carbocycles. The minimum Gasteiger partial charge on any atom is -0.435 e. The van der Waals surface area contributed by atoms with Crippen LogP contribution in [0.3, 0.4) is 0 Å². The molecule has 3 N–H and O–H groups in total. The minimum absolute atomic E-state index is 0.184. The number of nitrogens with zero attached hydrogens (tertiary/aromatic N) is 4. The number of aromatic nitrogens is 4. The van der Waals surface area contributed by atoms with Gasteiger partial charge in [-0.1, -0.05) is 13.8 Å². The van der Waals surface area contributed by atoms with E-state index in [1.807, 2.05) is 27.0 Å². The first-order chi connectivity index (χ1) is 9.15. The van der Waals surface area contributed by atoms with Gasteiger partial charge in [0, 0.05) is 6.54 Å². The minimum atomic E-state index is 0.184. The second-order valence-electron chi connectivity index (χ2n) is 4.37. The Morgan fingerprint density at radius 1 is 1.42 bits per heavy atom. The first-order valence-electron chi connectivity index (χ1n) is 6.17. The van der Waals surface area contributed by atoms with Gasteiger partial charge in [-0.3, -0.25) is 4.68 Å². The summed E-state index contributed by atoms with van der Waals surface area (Å²) in [6, 6.07) is 0. The molecule has 7 nitrogen and oxygen atoms in total. The van der Waals surface area contributed by atoms with Gasteiger partial charge in [-0.15, -0.1) is 0 Å². The fraction of sp³-hybridized carbons (Fsp3) is 0.417. The zero-order valence-corrected chi connectivity index (χ0v) is 11.3. The number of hydrazine groups is 1. The SMILES string of the molecule is CCn1cc(Oc2ncnc(NN)c2C(C)C)cn1. The molecule has 2 rings (SSSR count). The van der Waals surface area contributed by atoms with Crippen LogP contribution in [0.4, 0.5) is 5.82 Å². The van der Waals surface area contributed by atoms with Gasteiger partial charge in [-0.25, -0.2) is 15.8 Å². The van der Waals surface area contributed by atoms with Crippen molar-refractivity contribution in [3.8, 4) is 11.6 Å². The molecule has 102 valence electrons. The largest absolute Gasteiger partial charge is 0.435 e. The highest BCUT2D eigenvalue weighted by molar-refractivity contribution is 5.50. The van der Waals surface area contributed by atoms with Gasteiger partial charge in [0.15, 0.2) is 11.6 Å². The van der Waals surface area contributed by atoms with Crippen molar-refractivity contribution in [1.82, 2.24) is 19.7 Å². The first-order valence-corrected chi connectivity index (χ1v) is 6.17. The number of rotatable bonds is 5. The van der Waals surface area contributed by atoms with Crippen molar-refractivity contribution in [3.05, 3.63) is 24.3 Å². The lowest BCUT2D eigenvalue weighted by molar-refractivity contribution is 0.450. The van der Waals surface area contributed by atoms with Gasteiger partial charge < -0.3 is 10.2 Å². The number of nitrogens with one attached hydrogen (secondary N) is 1. The average molecular weight is 262 g/mol. The summed E-state index contributed by atoms with van der Waals surface area (Å²) in [4.78, 5) is 8.27. The van der Waals surface area contributed by atoms with E-state index in [0.29, 0.717) is 17.4 Å². The van der Waals surface area contributed by atoms with Gasteiger partial charge in [0.05, 0.1) is 18.0 Å². The number of nitrogens with two attached hydrogens (primary N) is 1. The van der Waals surface area contributed by atoms with Crippen molar-refractivity contribution in [3.63, 3.8) is 0 Å². The van der Waals surface area contributed by atoms with Crippen molar-refractivity contribution in [2.45, 2.75) is 33.2 Å². The molecule has 7 heteroatoms. The Labute approximate surface area is 111 Å². The molecule has 0 unspecified atom stereocenters. The topological polar surface area (TPSA) is 90.9 Å². The molecule has 0 aromatic carbocycles. The quantitative estimate of drug-likeness (QED) is 0.631. The van der Waals surface area contributed by atoms with E-state index in [0.717, 1.165) is 12.1 Å². The average Bonchev–Trinajstić information content (AvgIpc) is 2.85. The first kappa shape index (κ1) is 13.3. The van der Waals surface area contributed by atoms with Gasteiger partial charge in [-0.2, -0.15) is 5.10 Å².